The molecule has 1 N–H and O–H groups in total. The molecule has 0 fully saturated rings. The first-order chi connectivity index (χ1) is 11.5. The van der Waals surface area contributed by atoms with Gasteiger partial charge in [0.1, 0.15) is 19.0 Å². The summed E-state index contributed by atoms with van der Waals surface area (Å²) >= 11 is 9.27. The number of carbonyl (C=O) groups excluding carboxylic acids is 1. The van der Waals surface area contributed by atoms with Crippen molar-refractivity contribution in [1.82, 2.24) is 5.32 Å². The van der Waals surface area contributed by atoms with Crippen LogP contribution in [-0.4, -0.2) is 19.1 Å². The van der Waals surface area contributed by atoms with Gasteiger partial charge in [0.05, 0.1) is 15.9 Å². The molecule has 0 unspecified atom stereocenters. The van der Waals surface area contributed by atoms with E-state index in [1.807, 2.05) is 0 Å². The van der Waals surface area contributed by atoms with E-state index in [1.54, 1.807) is 24.3 Å². The SMILES string of the molecule is O=C(Cc1ccc(F)c(Br)c1)NCc1cc(Cl)c2c(c1)OCCO2. The van der Waals surface area contributed by atoms with Gasteiger partial charge in [0.15, 0.2) is 11.5 Å². The Morgan fingerprint density at radius 1 is 1.21 bits per heavy atom. The minimum absolute atomic E-state index is 0.164. The van der Waals surface area contributed by atoms with Crippen LogP contribution >= 0.6 is 27.5 Å². The number of fused-ring (bicyclic) bond motifs is 1. The van der Waals surface area contributed by atoms with Crippen LogP contribution < -0.4 is 14.8 Å². The summed E-state index contributed by atoms with van der Waals surface area (Å²) in [5.41, 5.74) is 1.54. The smallest absolute Gasteiger partial charge is 0.224 e. The van der Waals surface area contributed by atoms with Gasteiger partial charge in [0, 0.05) is 6.54 Å². The van der Waals surface area contributed by atoms with Gasteiger partial charge in [0.25, 0.3) is 0 Å². The van der Waals surface area contributed by atoms with E-state index in [4.69, 9.17) is 21.1 Å². The monoisotopic (exact) mass is 413 g/mol. The van der Waals surface area contributed by atoms with Gasteiger partial charge in [-0.25, -0.2) is 4.39 Å². The predicted octanol–water partition coefficient (Wildman–Crippen LogP) is 3.87. The fourth-order valence-corrected chi connectivity index (χ4v) is 3.08. The minimum Gasteiger partial charge on any atom is -0.486 e. The van der Waals surface area contributed by atoms with Gasteiger partial charge in [0.2, 0.25) is 5.91 Å². The number of hydrogen-bond acceptors (Lipinski definition) is 3. The zero-order valence-corrected chi connectivity index (χ0v) is 14.9. The van der Waals surface area contributed by atoms with Gasteiger partial charge >= 0.3 is 0 Å². The second kappa shape index (κ2) is 7.40. The first-order valence-electron chi connectivity index (χ1n) is 7.31. The molecule has 4 nitrogen and oxygen atoms in total. The number of benzene rings is 2. The topological polar surface area (TPSA) is 47.6 Å². The molecule has 3 rings (SSSR count). The van der Waals surface area contributed by atoms with Crippen LogP contribution in [0.3, 0.4) is 0 Å². The lowest BCUT2D eigenvalue weighted by Crippen LogP contribution is -2.24. The van der Waals surface area contributed by atoms with Crippen LogP contribution in [0.1, 0.15) is 11.1 Å². The summed E-state index contributed by atoms with van der Waals surface area (Å²) in [5, 5.41) is 3.27. The summed E-state index contributed by atoms with van der Waals surface area (Å²) in [6.45, 7) is 1.26. The molecule has 0 atom stereocenters. The van der Waals surface area contributed by atoms with Crippen molar-refractivity contribution in [2.24, 2.45) is 0 Å². The maximum Gasteiger partial charge on any atom is 0.224 e. The Morgan fingerprint density at radius 2 is 2.00 bits per heavy atom. The van der Waals surface area contributed by atoms with Crippen molar-refractivity contribution in [3.05, 3.63) is 56.8 Å². The normalized spacial score (nSPS) is 12.8. The van der Waals surface area contributed by atoms with Crippen molar-refractivity contribution in [3.8, 4) is 11.5 Å². The summed E-state index contributed by atoms with van der Waals surface area (Å²) < 4.78 is 24.5. The first-order valence-corrected chi connectivity index (χ1v) is 8.48. The molecule has 1 amide bonds. The average Bonchev–Trinajstić information content (AvgIpc) is 2.56. The van der Waals surface area contributed by atoms with Crippen LogP contribution in [0.2, 0.25) is 5.02 Å². The molecule has 24 heavy (non-hydrogen) atoms. The molecule has 1 heterocycles. The van der Waals surface area contributed by atoms with Gasteiger partial charge in [-0.3, -0.25) is 4.79 Å². The van der Waals surface area contributed by atoms with E-state index < -0.39 is 0 Å². The number of amides is 1. The second-order valence-corrected chi connectivity index (χ2v) is 6.57. The summed E-state index contributed by atoms with van der Waals surface area (Å²) in [6.07, 6.45) is 0.164. The lowest BCUT2D eigenvalue weighted by molar-refractivity contribution is -0.120. The van der Waals surface area contributed by atoms with Crippen molar-refractivity contribution >= 4 is 33.4 Å². The van der Waals surface area contributed by atoms with E-state index in [2.05, 4.69) is 21.2 Å². The second-order valence-electron chi connectivity index (χ2n) is 5.30. The highest BCUT2D eigenvalue weighted by Crippen LogP contribution is 2.38. The fraction of sp³-hybridized carbons (Fsp3) is 0.235. The Labute approximate surface area is 152 Å². The molecule has 0 saturated heterocycles. The molecule has 0 radical (unpaired) electrons. The molecule has 0 spiro atoms. The lowest BCUT2D eigenvalue weighted by atomic mass is 10.1. The van der Waals surface area contributed by atoms with Crippen molar-refractivity contribution in [2.75, 3.05) is 13.2 Å². The third-order valence-corrected chi connectivity index (χ3v) is 4.38. The van der Waals surface area contributed by atoms with Crippen molar-refractivity contribution in [3.63, 3.8) is 0 Å². The molecule has 1 aliphatic heterocycles. The third-order valence-electron chi connectivity index (χ3n) is 3.49. The van der Waals surface area contributed by atoms with Crippen molar-refractivity contribution < 1.29 is 18.7 Å². The lowest BCUT2D eigenvalue weighted by Gasteiger charge is -2.20. The van der Waals surface area contributed by atoms with E-state index in [0.717, 1.165) is 11.1 Å². The minimum atomic E-state index is -0.356. The maximum absolute atomic E-state index is 13.2. The average molecular weight is 415 g/mol. The molecule has 0 aliphatic carbocycles. The summed E-state index contributed by atoms with van der Waals surface area (Å²) in [5.74, 6) is 0.596. The molecule has 2 aromatic rings. The number of carbonyl (C=O) groups is 1. The quantitative estimate of drug-likeness (QED) is 0.826. The molecule has 0 saturated carbocycles. The van der Waals surface area contributed by atoms with Gasteiger partial charge in [-0.15, -0.1) is 0 Å². The summed E-state index contributed by atoms with van der Waals surface area (Å²) in [7, 11) is 0. The van der Waals surface area contributed by atoms with Gasteiger partial charge in [-0.05, 0) is 51.3 Å². The van der Waals surface area contributed by atoms with E-state index in [9.17, 15) is 9.18 Å². The Balaban J connectivity index is 1.62. The molecule has 2 aromatic carbocycles. The molecule has 1 aliphatic rings. The standard InChI is InChI=1S/C17H14BrClFNO3/c18-12-5-10(1-2-14(12)20)8-16(22)21-9-11-6-13(19)17-15(7-11)23-3-4-24-17/h1-2,5-7H,3-4,8-9H2,(H,21,22). The molecule has 0 bridgehead atoms. The van der Waals surface area contributed by atoms with Crippen molar-refractivity contribution in [2.45, 2.75) is 13.0 Å². The zero-order valence-electron chi connectivity index (χ0n) is 12.6. The number of ether oxygens (including phenoxy) is 2. The largest absolute Gasteiger partial charge is 0.486 e. The molecule has 7 heteroatoms. The highest BCUT2D eigenvalue weighted by molar-refractivity contribution is 9.10. The predicted molar refractivity (Wildman–Crippen MR) is 92.1 cm³/mol. The Kier molecular flexibility index (Phi) is 5.26. The highest BCUT2D eigenvalue weighted by atomic mass is 79.9. The Hall–Kier alpha value is -1.79. The number of hydrogen-bond donors (Lipinski definition) is 1. The van der Waals surface area contributed by atoms with Crippen LogP contribution in [-0.2, 0) is 17.8 Å². The molecule has 126 valence electrons. The fourth-order valence-electron chi connectivity index (χ4n) is 2.36. The van der Waals surface area contributed by atoms with Gasteiger partial charge < -0.3 is 14.8 Å². The van der Waals surface area contributed by atoms with E-state index in [0.29, 0.717) is 40.8 Å². The Morgan fingerprint density at radius 3 is 2.79 bits per heavy atom. The number of nitrogens with one attached hydrogen (secondary N) is 1. The molecular weight excluding hydrogens is 401 g/mol. The Bertz CT molecular complexity index is 785. The van der Waals surface area contributed by atoms with Crippen LogP contribution in [0.15, 0.2) is 34.8 Å². The van der Waals surface area contributed by atoms with Crippen molar-refractivity contribution in [1.29, 1.82) is 0 Å². The summed E-state index contributed by atoms with van der Waals surface area (Å²) in [6, 6.07) is 8.04. The molecular formula is C17H14BrClFNO3. The van der Waals surface area contributed by atoms with Crippen LogP contribution in [0, 0.1) is 5.82 Å². The van der Waals surface area contributed by atoms with Crippen LogP contribution in [0.5, 0.6) is 11.5 Å². The van der Waals surface area contributed by atoms with E-state index in [1.165, 1.54) is 6.07 Å². The van der Waals surface area contributed by atoms with Crippen LogP contribution in [0.25, 0.3) is 0 Å². The van der Waals surface area contributed by atoms with E-state index in [-0.39, 0.29) is 18.1 Å². The molecule has 0 aromatic heterocycles. The van der Waals surface area contributed by atoms with Gasteiger partial charge in [-0.2, -0.15) is 0 Å². The first kappa shape index (κ1) is 17.0. The van der Waals surface area contributed by atoms with Gasteiger partial charge in [-0.1, -0.05) is 17.7 Å². The number of rotatable bonds is 4. The highest BCUT2D eigenvalue weighted by Gasteiger charge is 2.17. The maximum atomic E-state index is 13.2. The van der Waals surface area contributed by atoms with Crippen LogP contribution in [0.4, 0.5) is 4.39 Å². The zero-order chi connectivity index (χ0) is 17.1. The summed E-state index contributed by atoms with van der Waals surface area (Å²) in [4.78, 5) is 12.0. The van der Waals surface area contributed by atoms with E-state index >= 15 is 0 Å². The third kappa shape index (κ3) is 3.99. The number of halogens is 3.